The fourth-order valence-electron chi connectivity index (χ4n) is 3.12. The molecule has 2 N–H and O–H groups in total. The number of aromatic hydroxyl groups is 1. The highest BCUT2D eigenvalue weighted by atomic mass is 16.3. The number of benzene rings is 2. The van der Waals surface area contributed by atoms with E-state index in [0.29, 0.717) is 22.1 Å². The highest BCUT2D eigenvalue weighted by Gasteiger charge is 2.36. The number of rotatable bonds is 1. The van der Waals surface area contributed by atoms with Gasteiger partial charge in [-0.1, -0.05) is 12.1 Å². The standard InChI is InChI=1S/C19H15NO4/c1-9-6-13-14(7-10(9)2)24-18-15(17(13)22)16(20-19(18)23)11-4-3-5-12(21)8-11/h3-8,16,21H,1-2H3,(H,20,23)/t16-/m0/s1. The van der Waals surface area contributed by atoms with E-state index in [1.807, 2.05) is 13.8 Å². The predicted molar refractivity (Wildman–Crippen MR) is 89.4 cm³/mol. The highest BCUT2D eigenvalue weighted by molar-refractivity contribution is 5.99. The molecule has 0 saturated carbocycles. The lowest BCUT2D eigenvalue weighted by Crippen LogP contribution is -2.21. The second-order valence-corrected chi connectivity index (χ2v) is 6.11. The molecule has 1 aromatic heterocycles. The first-order valence-electron chi connectivity index (χ1n) is 7.63. The number of amides is 1. The molecule has 0 spiro atoms. The van der Waals surface area contributed by atoms with Gasteiger partial charge in [-0.2, -0.15) is 0 Å². The first-order chi connectivity index (χ1) is 11.5. The predicted octanol–water partition coefficient (Wildman–Crippen LogP) is 2.95. The molecule has 1 aliphatic rings. The van der Waals surface area contributed by atoms with Crippen LogP contribution in [0.2, 0.25) is 0 Å². The zero-order chi connectivity index (χ0) is 17.0. The molecule has 4 rings (SSSR count). The van der Waals surface area contributed by atoms with Crippen LogP contribution in [0.25, 0.3) is 11.0 Å². The Hall–Kier alpha value is -3.08. The van der Waals surface area contributed by atoms with E-state index in [-0.39, 0.29) is 16.9 Å². The van der Waals surface area contributed by atoms with E-state index in [0.717, 1.165) is 11.1 Å². The van der Waals surface area contributed by atoms with Gasteiger partial charge in [-0.25, -0.2) is 0 Å². The molecule has 0 bridgehead atoms. The van der Waals surface area contributed by atoms with E-state index in [1.165, 1.54) is 12.1 Å². The summed E-state index contributed by atoms with van der Waals surface area (Å²) in [7, 11) is 0. The lowest BCUT2D eigenvalue weighted by molar-refractivity contribution is 0.0938. The molecule has 1 amide bonds. The number of hydrogen-bond acceptors (Lipinski definition) is 4. The minimum atomic E-state index is -0.623. The Bertz CT molecular complexity index is 1060. The molecular weight excluding hydrogens is 306 g/mol. The maximum absolute atomic E-state index is 13.0. The Morgan fingerprint density at radius 3 is 2.58 bits per heavy atom. The lowest BCUT2D eigenvalue weighted by atomic mass is 9.98. The van der Waals surface area contributed by atoms with Crippen LogP contribution in [-0.2, 0) is 0 Å². The summed E-state index contributed by atoms with van der Waals surface area (Å²) in [5.41, 5.74) is 3.10. The average Bonchev–Trinajstić information content (AvgIpc) is 2.87. The number of carbonyl (C=O) groups excluding carboxylic acids is 1. The Morgan fingerprint density at radius 1 is 1.08 bits per heavy atom. The summed E-state index contributed by atoms with van der Waals surface area (Å²) in [6.45, 7) is 3.86. The van der Waals surface area contributed by atoms with Gasteiger partial charge >= 0.3 is 0 Å². The summed E-state index contributed by atoms with van der Waals surface area (Å²) in [6, 6.07) is 9.44. The van der Waals surface area contributed by atoms with Gasteiger partial charge < -0.3 is 14.8 Å². The van der Waals surface area contributed by atoms with Crippen LogP contribution in [-0.4, -0.2) is 11.0 Å². The minimum Gasteiger partial charge on any atom is -0.508 e. The summed E-state index contributed by atoms with van der Waals surface area (Å²) in [5, 5.41) is 12.9. The summed E-state index contributed by atoms with van der Waals surface area (Å²) in [6.07, 6.45) is 0. The Morgan fingerprint density at radius 2 is 1.83 bits per heavy atom. The van der Waals surface area contributed by atoms with E-state index in [9.17, 15) is 14.7 Å². The van der Waals surface area contributed by atoms with Gasteiger partial charge in [0.25, 0.3) is 5.91 Å². The van der Waals surface area contributed by atoms with Crippen molar-refractivity contribution in [1.82, 2.24) is 5.32 Å². The van der Waals surface area contributed by atoms with Crippen molar-refractivity contribution < 1.29 is 14.3 Å². The van der Waals surface area contributed by atoms with Gasteiger partial charge in [0.15, 0.2) is 5.43 Å². The third-order valence-electron chi connectivity index (χ3n) is 4.52. The number of fused-ring (bicyclic) bond motifs is 2. The van der Waals surface area contributed by atoms with Gasteiger partial charge in [0.1, 0.15) is 11.3 Å². The molecule has 5 heteroatoms. The van der Waals surface area contributed by atoms with Crippen LogP contribution in [0.1, 0.15) is 38.9 Å². The zero-order valence-corrected chi connectivity index (χ0v) is 13.2. The first-order valence-corrected chi connectivity index (χ1v) is 7.63. The molecule has 0 aliphatic carbocycles. The minimum absolute atomic E-state index is 0.0455. The fourth-order valence-corrected chi connectivity index (χ4v) is 3.12. The smallest absolute Gasteiger partial charge is 0.288 e. The van der Waals surface area contributed by atoms with E-state index >= 15 is 0 Å². The number of phenols is 1. The van der Waals surface area contributed by atoms with E-state index in [2.05, 4.69) is 5.32 Å². The summed E-state index contributed by atoms with van der Waals surface area (Å²) in [5.74, 6) is -0.300. The number of nitrogens with one attached hydrogen (secondary N) is 1. The van der Waals surface area contributed by atoms with Gasteiger partial charge in [0.2, 0.25) is 5.76 Å². The third kappa shape index (κ3) is 2.01. The maximum atomic E-state index is 13.0. The SMILES string of the molecule is Cc1cc2oc3c(c(=O)c2cc1C)[C@H](c1cccc(O)c1)NC3=O. The lowest BCUT2D eigenvalue weighted by Gasteiger charge is -2.12. The average molecular weight is 321 g/mol. The largest absolute Gasteiger partial charge is 0.508 e. The normalized spacial score (nSPS) is 16.2. The number of phenolic OH excluding ortho intramolecular Hbond substituents is 1. The van der Waals surface area contributed by atoms with E-state index < -0.39 is 11.9 Å². The second kappa shape index (κ2) is 4.96. The Balaban J connectivity index is 2.02. The summed E-state index contributed by atoms with van der Waals surface area (Å²) < 4.78 is 5.74. The molecule has 0 radical (unpaired) electrons. The van der Waals surface area contributed by atoms with Crippen LogP contribution in [0.15, 0.2) is 45.6 Å². The zero-order valence-electron chi connectivity index (χ0n) is 13.2. The van der Waals surface area contributed by atoms with Gasteiger partial charge in [0, 0.05) is 0 Å². The fraction of sp³-hybridized carbons (Fsp3) is 0.158. The van der Waals surface area contributed by atoms with Crippen molar-refractivity contribution in [2.75, 3.05) is 0 Å². The van der Waals surface area contributed by atoms with Crippen LogP contribution in [0, 0.1) is 13.8 Å². The summed E-state index contributed by atoms with van der Waals surface area (Å²) >= 11 is 0. The maximum Gasteiger partial charge on any atom is 0.288 e. The highest BCUT2D eigenvalue weighted by Crippen LogP contribution is 2.32. The van der Waals surface area contributed by atoms with E-state index in [1.54, 1.807) is 24.3 Å². The summed E-state index contributed by atoms with van der Waals surface area (Å²) in [4.78, 5) is 25.3. The van der Waals surface area contributed by atoms with Gasteiger partial charge in [-0.15, -0.1) is 0 Å². The molecule has 24 heavy (non-hydrogen) atoms. The number of carbonyl (C=O) groups is 1. The molecule has 120 valence electrons. The molecule has 2 aromatic carbocycles. The topological polar surface area (TPSA) is 79.5 Å². The van der Waals surface area contributed by atoms with E-state index in [4.69, 9.17) is 4.42 Å². The second-order valence-electron chi connectivity index (χ2n) is 6.11. The van der Waals surface area contributed by atoms with Crippen LogP contribution in [0.3, 0.4) is 0 Å². The van der Waals surface area contributed by atoms with Crippen LogP contribution >= 0.6 is 0 Å². The molecule has 1 atom stereocenters. The van der Waals surface area contributed by atoms with Crippen molar-refractivity contribution in [1.29, 1.82) is 0 Å². The molecule has 0 fully saturated rings. The number of aryl methyl sites for hydroxylation is 2. The van der Waals surface area contributed by atoms with Crippen LogP contribution in [0.5, 0.6) is 5.75 Å². The van der Waals surface area contributed by atoms with Crippen molar-refractivity contribution in [3.8, 4) is 5.75 Å². The monoisotopic (exact) mass is 321 g/mol. The molecule has 3 aromatic rings. The van der Waals surface area contributed by atoms with Crippen molar-refractivity contribution in [3.05, 3.63) is 74.6 Å². The van der Waals surface area contributed by atoms with Gasteiger partial charge in [0.05, 0.1) is 17.0 Å². The Kier molecular flexibility index (Phi) is 3.00. The Labute approximate surface area is 137 Å². The molecule has 0 unspecified atom stereocenters. The molecule has 2 heterocycles. The molecule has 5 nitrogen and oxygen atoms in total. The first kappa shape index (κ1) is 14.5. The quantitative estimate of drug-likeness (QED) is 0.722. The molecule has 0 saturated heterocycles. The van der Waals surface area contributed by atoms with Crippen molar-refractivity contribution >= 4 is 16.9 Å². The number of hydrogen-bond donors (Lipinski definition) is 2. The van der Waals surface area contributed by atoms with Gasteiger partial charge in [-0.3, -0.25) is 9.59 Å². The third-order valence-corrected chi connectivity index (χ3v) is 4.52. The van der Waals surface area contributed by atoms with Crippen molar-refractivity contribution in [2.24, 2.45) is 0 Å². The van der Waals surface area contributed by atoms with Crippen molar-refractivity contribution in [3.63, 3.8) is 0 Å². The van der Waals surface area contributed by atoms with Gasteiger partial charge in [-0.05, 0) is 54.8 Å². The van der Waals surface area contributed by atoms with Crippen LogP contribution in [0.4, 0.5) is 0 Å². The molecular formula is C19H15NO4. The molecule has 1 aliphatic heterocycles. The van der Waals surface area contributed by atoms with Crippen LogP contribution < -0.4 is 10.7 Å². The van der Waals surface area contributed by atoms with Crippen molar-refractivity contribution in [2.45, 2.75) is 19.9 Å².